The van der Waals surface area contributed by atoms with Crippen LogP contribution in [0.15, 0.2) is 78.4 Å². The van der Waals surface area contributed by atoms with Gasteiger partial charge in [0.1, 0.15) is 23.3 Å². The summed E-state index contributed by atoms with van der Waals surface area (Å²) in [5.41, 5.74) is 1.37. The highest BCUT2D eigenvalue weighted by Crippen LogP contribution is 2.36. The molecule has 0 spiro atoms. The molecule has 2 aliphatic heterocycles. The Kier molecular flexibility index (Phi) is 5.47. The average Bonchev–Trinajstić information content (AvgIpc) is 3.42. The fourth-order valence-corrected chi connectivity index (χ4v) is 4.05. The molecular weight excluding hydrogens is 437 g/mol. The molecule has 0 saturated carbocycles. The molecule has 3 heterocycles. The first-order chi connectivity index (χ1) is 16.3. The molecule has 8 heteroatoms. The number of hydrogen-bond donors (Lipinski definition) is 2. The van der Waals surface area contributed by atoms with Crippen LogP contribution in [0.2, 0.25) is 0 Å². The standard InChI is InChI=1S/C26H22FN3O4/c1-26(2)33-14-20(34-26)16-8-5-9-17(22(16)27)24(32)21(23(31)15-7-6-12-28-13-15)25-29-18-10-3-4-11-19(18)30-25/h3-13,20,29-30H,14H2,1-2H3/t20-/m0/s1. The summed E-state index contributed by atoms with van der Waals surface area (Å²) in [7, 11) is 0. The van der Waals surface area contributed by atoms with E-state index in [4.69, 9.17) is 9.47 Å². The lowest BCUT2D eigenvalue weighted by Gasteiger charge is -2.18. The smallest absolute Gasteiger partial charge is 0.203 e. The summed E-state index contributed by atoms with van der Waals surface area (Å²) < 4.78 is 27.0. The van der Waals surface area contributed by atoms with Gasteiger partial charge in [-0.1, -0.05) is 24.3 Å². The number of hydrogen-bond acceptors (Lipinski definition) is 7. The van der Waals surface area contributed by atoms with E-state index in [1.54, 1.807) is 38.1 Å². The highest BCUT2D eigenvalue weighted by Gasteiger charge is 2.37. The Morgan fingerprint density at radius 2 is 1.74 bits per heavy atom. The molecule has 1 fully saturated rings. The number of aromatic nitrogens is 1. The molecule has 0 unspecified atom stereocenters. The molecule has 2 aromatic carbocycles. The molecular formula is C26H22FN3O4. The number of ketones is 2. The number of allylic oxidation sites excluding steroid dienone is 1. The molecule has 0 aliphatic carbocycles. The van der Waals surface area contributed by atoms with Crippen LogP contribution >= 0.6 is 0 Å². The predicted octanol–water partition coefficient (Wildman–Crippen LogP) is 4.86. The van der Waals surface area contributed by atoms with Gasteiger partial charge in [0, 0.05) is 23.5 Å². The van der Waals surface area contributed by atoms with Gasteiger partial charge in [0.2, 0.25) is 11.6 Å². The van der Waals surface area contributed by atoms with E-state index in [1.807, 2.05) is 24.3 Å². The van der Waals surface area contributed by atoms with Crippen LogP contribution in [0.1, 0.15) is 46.2 Å². The molecule has 2 N–H and O–H groups in total. The molecule has 7 nitrogen and oxygen atoms in total. The highest BCUT2D eigenvalue weighted by molar-refractivity contribution is 6.32. The fraction of sp³-hybridized carbons (Fsp3) is 0.192. The molecule has 3 aromatic rings. The van der Waals surface area contributed by atoms with Gasteiger partial charge in [-0.05, 0) is 44.2 Å². The van der Waals surface area contributed by atoms with Crippen molar-refractivity contribution >= 4 is 22.9 Å². The molecule has 172 valence electrons. The van der Waals surface area contributed by atoms with Crippen molar-refractivity contribution < 1.29 is 23.5 Å². The first kappa shape index (κ1) is 21.9. The molecule has 34 heavy (non-hydrogen) atoms. The van der Waals surface area contributed by atoms with Crippen LogP contribution in [0, 0.1) is 5.82 Å². The van der Waals surface area contributed by atoms with Crippen molar-refractivity contribution in [3.05, 3.63) is 101 Å². The SMILES string of the molecule is CC1(C)OC[C@@H](c2cccc(C(=O)C(C(=O)c3cccnc3)=C3Nc4ccccc4N3)c2F)O1. The summed E-state index contributed by atoms with van der Waals surface area (Å²) >= 11 is 0. The van der Waals surface area contributed by atoms with E-state index < -0.39 is 29.3 Å². The second-order valence-electron chi connectivity index (χ2n) is 8.47. The van der Waals surface area contributed by atoms with Gasteiger partial charge in [-0.3, -0.25) is 14.6 Å². The van der Waals surface area contributed by atoms with Gasteiger partial charge in [-0.25, -0.2) is 4.39 Å². The Balaban J connectivity index is 1.58. The van der Waals surface area contributed by atoms with E-state index in [1.165, 1.54) is 18.5 Å². The van der Waals surface area contributed by atoms with E-state index in [0.717, 1.165) is 0 Å². The molecule has 0 bridgehead atoms. The maximum Gasteiger partial charge on any atom is 0.203 e. The van der Waals surface area contributed by atoms with E-state index in [-0.39, 0.29) is 34.7 Å². The number of fused-ring (bicyclic) bond motifs is 1. The van der Waals surface area contributed by atoms with Gasteiger partial charge < -0.3 is 20.1 Å². The van der Waals surface area contributed by atoms with Gasteiger partial charge in [0.15, 0.2) is 5.79 Å². The monoisotopic (exact) mass is 459 g/mol. The van der Waals surface area contributed by atoms with Crippen molar-refractivity contribution in [1.82, 2.24) is 4.98 Å². The fourth-order valence-electron chi connectivity index (χ4n) is 4.05. The van der Waals surface area contributed by atoms with E-state index in [0.29, 0.717) is 11.4 Å². The van der Waals surface area contributed by atoms with Gasteiger partial charge in [-0.15, -0.1) is 0 Å². The number of benzene rings is 2. The van der Waals surface area contributed by atoms with Crippen LogP contribution in [-0.4, -0.2) is 28.9 Å². The van der Waals surface area contributed by atoms with Crippen LogP contribution in [-0.2, 0) is 9.47 Å². The summed E-state index contributed by atoms with van der Waals surface area (Å²) in [4.78, 5) is 31.2. The normalized spacial score (nSPS) is 18.1. The topological polar surface area (TPSA) is 89.6 Å². The average molecular weight is 459 g/mol. The van der Waals surface area contributed by atoms with Crippen LogP contribution in [0.3, 0.4) is 0 Å². The lowest BCUT2D eigenvalue weighted by atomic mass is 9.94. The third-order valence-electron chi connectivity index (χ3n) is 5.70. The van der Waals surface area contributed by atoms with Gasteiger partial charge in [0.25, 0.3) is 0 Å². The summed E-state index contributed by atoms with van der Waals surface area (Å²) in [5.74, 6) is -2.75. The Hall–Kier alpha value is -3.88. The first-order valence-corrected chi connectivity index (χ1v) is 10.8. The van der Waals surface area contributed by atoms with Gasteiger partial charge in [0.05, 0.1) is 23.5 Å². The number of Topliss-reactive ketones (excluding diaryl/α,β-unsaturated/α-hetero) is 2. The third-order valence-corrected chi connectivity index (χ3v) is 5.70. The van der Waals surface area contributed by atoms with Gasteiger partial charge >= 0.3 is 0 Å². The predicted molar refractivity (Wildman–Crippen MR) is 124 cm³/mol. The van der Waals surface area contributed by atoms with E-state index in [2.05, 4.69) is 15.6 Å². The molecule has 2 aliphatic rings. The van der Waals surface area contributed by atoms with E-state index in [9.17, 15) is 9.59 Å². The van der Waals surface area contributed by atoms with Crippen molar-refractivity contribution in [1.29, 1.82) is 0 Å². The molecule has 1 saturated heterocycles. The van der Waals surface area contributed by atoms with Crippen molar-refractivity contribution in [3.8, 4) is 0 Å². The third kappa shape index (κ3) is 3.98. The summed E-state index contributed by atoms with van der Waals surface area (Å²) in [5, 5.41) is 6.15. The Bertz CT molecular complexity index is 1290. The number of halogens is 1. The van der Waals surface area contributed by atoms with Crippen molar-refractivity contribution in [2.24, 2.45) is 0 Å². The summed E-state index contributed by atoms with van der Waals surface area (Å²) in [6.45, 7) is 3.64. The lowest BCUT2D eigenvalue weighted by molar-refractivity contribution is -0.139. The minimum absolute atomic E-state index is 0.155. The summed E-state index contributed by atoms with van der Waals surface area (Å²) in [6, 6.07) is 14.9. The van der Waals surface area contributed by atoms with Crippen LogP contribution in [0.5, 0.6) is 0 Å². The first-order valence-electron chi connectivity index (χ1n) is 10.8. The number of rotatable bonds is 5. The largest absolute Gasteiger partial charge is 0.347 e. The zero-order valence-electron chi connectivity index (χ0n) is 18.6. The number of carbonyl (C=O) groups excluding carboxylic acids is 2. The van der Waals surface area contributed by atoms with Crippen LogP contribution in [0.4, 0.5) is 15.8 Å². The highest BCUT2D eigenvalue weighted by atomic mass is 19.1. The molecule has 0 amide bonds. The molecule has 1 aromatic heterocycles. The number of ether oxygens (including phenoxy) is 2. The molecule has 5 rings (SSSR count). The van der Waals surface area contributed by atoms with Crippen molar-refractivity contribution in [3.63, 3.8) is 0 Å². The van der Waals surface area contributed by atoms with E-state index >= 15 is 4.39 Å². The van der Waals surface area contributed by atoms with Crippen LogP contribution < -0.4 is 10.6 Å². The molecule has 1 atom stereocenters. The Morgan fingerprint density at radius 1 is 1.00 bits per heavy atom. The van der Waals surface area contributed by atoms with Crippen molar-refractivity contribution in [2.75, 3.05) is 17.2 Å². The number of para-hydroxylation sites is 2. The van der Waals surface area contributed by atoms with Crippen LogP contribution in [0.25, 0.3) is 0 Å². The molecule has 0 radical (unpaired) electrons. The second-order valence-corrected chi connectivity index (χ2v) is 8.47. The summed E-state index contributed by atoms with van der Waals surface area (Å²) in [6.07, 6.45) is 2.23. The quantitative estimate of drug-likeness (QED) is 0.244. The van der Waals surface area contributed by atoms with Gasteiger partial charge in [-0.2, -0.15) is 0 Å². The maximum absolute atomic E-state index is 15.7. The Morgan fingerprint density at radius 3 is 2.35 bits per heavy atom. The zero-order chi connectivity index (χ0) is 23.9. The van der Waals surface area contributed by atoms with Crippen molar-refractivity contribution in [2.45, 2.75) is 25.7 Å². The lowest BCUT2D eigenvalue weighted by Crippen LogP contribution is -2.22. The number of nitrogens with one attached hydrogen (secondary N) is 2. The number of anilines is 2. The number of nitrogens with zero attached hydrogens (tertiary/aromatic N) is 1. The number of carbonyl (C=O) groups is 2. The minimum atomic E-state index is -0.857. The minimum Gasteiger partial charge on any atom is -0.347 e. The second kappa shape index (κ2) is 8.48. The Labute approximate surface area is 195 Å². The number of pyridine rings is 1. The zero-order valence-corrected chi connectivity index (χ0v) is 18.6. The maximum atomic E-state index is 15.7.